The minimum absolute atomic E-state index is 0.0228. The first kappa shape index (κ1) is 17.5. The molecule has 1 aromatic heterocycles. The molecule has 1 aromatic rings. The summed E-state index contributed by atoms with van der Waals surface area (Å²) >= 11 is 0. The van der Waals surface area contributed by atoms with E-state index < -0.39 is 5.60 Å². The summed E-state index contributed by atoms with van der Waals surface area (Å²) in [4.78, 5) is 29.0. The molecule has 2 N–H and O–H groups in total. The molecule has 2 rings (SSSR count). The zero-order valence-electron chi connectivity index (χ0n) is 14.2. The summed E-state index contributed by atoms with van der Waals surface area (Å²) in [5, 5.41) is 3.17. The predicted octanol–water partition coefficient (Wildman–Crippen LogP) is 2.58. The quantitative estimate of drug-likeness (QED) is 0.818. The molecule has 1 aliphatic rings. The number of Topliss-reactive ketones (excluding diaryl/α,β-unsaturated/α-hetero) is 1. The standard InChI is InChI=1S/C17H27N3O3/c1-17(2,3)23-16(22)20-10-5-4-7-13(20)11-18-12-15(21)14-8-6-9-19-14/h6,8-9,13,18-19H,4-5,7,10-12H2,1-3H3/t13-/m1/s1. The molecule has 0 aromatic carbocycles. The summed E-state index contributed by atoms with van der Waals surface area (Å²) in [5.74, 6) is 0.0228. The van der Waals surface area contributed by atoms with Gasteiger partial charge in [0.25, 0.3) is 0 Å². The lowest BCUT2D eigenvalue weighted by molar-refractivity contribution is 0.0101. The van der Waals surface area contributed by atoms with Gasteiger partial charge in [-0.25, -0.2) is 4.79 Å². The molecule has 0 radical (unpaired) electrons. The molecule has 128 valence electrons. The van der Waals surface area contributed by atoms with Crippen LogP contribution in [0.2, 0.25) is 0 Å². The maximum atomic E-state index is 12.3. The molecule has 1 saturated heterocycles. The van der Waals surface area contributed by atoms with Crippen molar-refractivity contribution in [3.05, 3.63) is 24.0 Å². The van der Waals surface area contributed by atoms with E-state index in [1.165, 1.54) is 0 Å². The maximum Gasteiger partial charge on any atom is 0.410 e. The summed E-state index contributed by atoms with van der Waals surface area (Å²) in [6.45, 7) is 7.20. The van der Waals surface area contributed by atoms with Gasteiger partial charge < -0.3 is 19.9 Å². The van der Waals surface area contributed by atoms with Crippen molar-refractivity contribution in [2.24, 2.45) is 0 Å². The number of carbonyl (C=O) groups excluding carboxylic acids is 2. The second kappa shape index (κ2) is 7.64. The van der Waals surface area contributed by atoms with Crippen molar-refractivity contribution >= 4 is 11.9 Å². The molecule has 1 atom stereocenters. The van der Waals surface area contributed by atoms with Gasteiger partial charge in [-0.1, -0.05) is 0 Å². The van der Waals surface area contributed by atoms with Crippen molar-refractivity contribution in [2.45, 2.75) is 51.7 Å². The maximum absolute atomic E-state index is 12.3. The Morgan fingerprint density at radius 1 is 1.39 bits per heavy atom. The summed E-state index contributed by atoms with van der Waals surface area (Å²) < 4.78 is 5.48. The van der Waals surface area contributed by atoms with Gasteiger partial charge >= 0.3 is 6.09 Å². The van der Waals surface area contributed by atoms with Crippen molar-refractivity contribution in [1.82, 2.24) is 15.2 Å². The molecule has 1 amide bonds. The third kappa shape index (κ3) is 5.39. The number of aromatic amines is 1. The van der Waals surface area contributed by atoms with Crippen LogP contribution in [0.4, 0.5) is 4.79 Å². The molecular formula is C17H27N3O3. The minimum atomic E-state index is -0.490. The van der Waals surface area contributed by atoms with Crippen LogP contribution in [-0.4, -0.2) is 53.0 Å². The molecule has 6 heteroatoms. The third-order valence-corrected chi connectivity index (χ3v) is 3.82. The highest BCUT2D eigenvalue weighted by molar-refractivity contribution is 5.95. The van der Waals surface area contributed by atoms with E-state index in [1.54, 1.807) is 23.2 Å². The fraction of sp³-hybridized carbons (Fsp3) is 0.647. The topological polar surface area (TPSA) is 74.4 Å². The Balaban J connectivity index is 1.84. The van der Waals surface area contributed by atoms with Crippen molar-refractivity contribution in [3.63, 3.8) is 0 Å². The molecule has 0 bridgehead atoms. The van der Waals surface area contributed by atoms with Gasteiger partial charge in [-0.05, 0) is 52.2 Å². The second-order valence-corrected chi connectivity index (χ2v) is 6.96. The van der Waals surface area contributed by atoms with Crippen LogP contribution in [0.15, 0.2) is 18.3 Å². The van der Waals surface area contributed by atoms with Crippen LogP contribution in [0.3, 0.4) is 0 Å². The van der Waals surface area contributed by atoms with Gasteiger partial charge in [0.05, 0.1) is 12.2 Å². The number of rotatable bonds is 5. The van der Waals surface area contributed by atoms with E-state index in [9.17, 15) is 9.59 Å². The van der Waals surface area contributed by atoms with Crippen molar-refractivity contribution in [3.8, 4) is 0 Å². The molecule has 1 fully saturated rings. The van der Waals surface area contributed by atoms with E-state index in [4.69, 9.17) is 4.74 Å². The Bertz CT molecular complexity index is 520. The molecule has 23 heavy (non-hydrogen) atoms. The first-order valence-electron chi connectivity index (χ1n) is 8.24. The van der Waals surface area contributed by atoms with Crippen molar-refractivity contribution < 1.29 is 14.3 Å². The Labute approximate surface area is 137 Å². The summed E-state index contributed by atoms with van der Waals surface area (Å²) in [6, 6.07) is 3.64. The van der Waals surface area contributed by atoms with Gasteiger partial charge in [0.2, 0.25) is 0 Å². The average Bonchev–Trinajstić information content (AvgIpc) is 3.00. The summed E-state index contributed by atoms with van der Waals surface area (Å²) in [6.07, 6.45) is 4.49. The molecule has 1 aliphatic heterocycles. The molecule has 0 spiro atoms. The predicted molar refractivity (Wildman–Crippen MR) is 88.6 cm³/mol. The van der Waals surface area contributed by atoms with E-state index in [0.717, 1.165) is 19.3 Å². The Morgan fingerprint density at radius 3 is 2.83 bits per heavy atom. The number of nitrogens with one attached hydrogen (secondary N) is 2. The van der Waals surface area contributed by atoms with Gasteiger partial charge in [0, 0.05) is 25.3 Å². The number of H-pyrrole nitrogens is 1. The average molecular weight is 321 g/mol. The van der Waals surface area contributed by atoms with Gasteiger partial charge in [-0.15, -0.1) is 0 Å². The van der Waals surface area contributed by atoms with E-state index in [-0.39, 0.29) is 24.5 Å². The number of carbonyl (C=O) groups is 2. The molecule has 0 unspecified atom stereocenters. The number of piperidine rings is 1. The Kier molecular flexibility index (Phi) is 5.82. The SMILES string of the molecule is CC(C)(C)OC(=O)N1CCCC[C@@H]1CNCC(=O)c1ccc[nH]1. The number of hydrogen-bond donors (Lipinski definition) is 2. The van der Waals surface area contributed by atoms with Crippen molar-refractivity contribution in [2.75, 3.05) is 19.6 Å². The van der Waals surface area contributed by atoms with Crippen LogP contribution in [0.25, 0.3) is 0 Å². The largest absolute Gasteiger partial charge is 0.444 e. The zero-order chi connectivity index (χ0) is 16.9. The Hall–Kier alpha value is -1.82. The number of aromatic nitrogens is 1. The Morgan fingerprint density at radius 2 is 2.17 bits per heavy atom. The molecule has 6 nitrogen and oxygen atoms in total. The highest BCUT2D eigenvalue weighted by Crippen LogP contribution is 2.20. The highest BCUT2D eigenvalue weighted by atomic mass is 16.6. The van der Waals surface area contributed by atoms with E-state index in [0.29, 0.717) is 18.8 Å². The van der Waals surface area contributed by atoms with Gasteiger partial charge in [0.1, 0.15) is 5.60 Å². The lowest BCUT2D eigenvalue weighted by atomic mass is 10.0. The number of amides is 1. The number of ketones is 1. The fourth-order valence-electron chi connectivity index (χ4n) is 2.73. The van der Waals surface area contributed by atoms with Crippen molar-refractivity contribution in [1.29, 1.82) is 0 Å². The lowest BCUT2D eigenvalue weighted by Crippen LogP contribution is -2.50. The smallest absolute Gasteiger partial charge is 0.410 e. The molecular weight excluding hydrogens is 294 g/mol. The van der Waals surface area contributed by atoms with Crippen LogP contribution < -0.4 is 5.32 Å². The zero-order valence-corrected chi connectivity index (χ0v) is 14.2. The van der Waals surface area contributed by atoms with Crippen LogP contribution in [0.1, 0.15) is 50.5 Å². The van der Waals surface area contributed by atoms with E-state index in [2.05, 4.69) is 10.3 Å². The fourth-order valence-corrected chi connectivity index (χ4v) is 2.73. The van der Waals surface area contributed by atoms with Gasteiger partial charge in [-0.2, -0.15) is 0 Å². The molecule has 2 heterocycles. The molecule has 0 saturated carbocycles. The van der Waals surface area contributed by atoms with E-state index in [1.807, 2.05) is 20.8 Å². The number of hydrogen-bond acceptors (Lipinski definition) is 4. The third-order valence-electron chi connectivity index (χ3n) is 3.82. The highest BCUT2D eigenvalue weighted by Gasteiger charge is 2.30. The first-order chi connectivity index (χ1) is 10.9. The minimum Gasteiger partial charge on any atom is -0.444 e. The summed E-state index contributed by atoms with van der Waals surface area (Å²) in [5.41, 5.74) is 0.112. The number of nitrogens with zero attached hydrogens (tertiary/aromatic N) is 1. The number of likely N-dealkylation sites (tertiary alicyclic amines) is 1. The van der Waals surface area contributed by atoms with Crippen LogP contribution in [-0.2, 0) is 4.74 Å². The monoisotopic (exact) mass is 321 g/mol. The first-order valence-corrected chi connectivity index (χ1v) is 8.24. The van der Waals surface area contributed by atoms with Crippen LogP contribution >= 0.6 is 0 Å². The van der Waals surface area contributed by atoms with Crippen LogP contribution in [0, 0.1) is 0 Å². The lowest BCUT2D eigenvalue weighted by Gasteiger charge is -2.36. The number of ether oxygens (including phenoxy) is 1. The van der Waals surface area contributed by atoms with E-state index >= 15 is 0 Å². The van der Waals surface area contributed by atoms with Gasteiger partial charge in [0.15, 0.2) is 5.78 Å². The normalized spacial score (nSPS) is 18.7. The summed E-state index contributed by atoms with van der Waals surface area (Å²) in [7, 11) is 0. The van der Waals surface area contributed by atoms with Crippen LogP contribution in [0.5, 0.6) is 0 Å². The van der Waals surface area contributed by atoms with Gasteiger partial charge in [-0.3, -0.25) is 4.79 Å². The second-order valence-electron chi connectivity index (χ2n) is 6.96. The molecule has 0 aliphatic carbocycles.